The van der Waals surface area contributed by atoms with Crippen molar-refractivity contribution in [2.75, 3.05) is 7.11 Å². The highest BCUT2D eigenvalue weighted by Crippen LogP contribution is 2.37. The highest BCUT2D eigenvalue weighted by Gasteiger charge is 2.37. The molecular formula is C15H16O4. The molecule has 4 nitrogen and oxygen atoms in total. The normalized spacial score (nSPS) is 24.2. The molecule has 0 spiro atoms. The van der Waals surface area contributed by atoms with Gasteiger partial charge in [0.2, 0.25) is 0 Å². The second-order valence-corrected chi connectivity index (χ2v) is 5.10. The number of ether oxygens (including phenoxy) is 2. The van der Waals surface area contributed by atoms with Crippen LogP contribution in [-0.2, 0) is 9.47 Å². The quantitative estimate of drug-likeness (QED) is 0.787. The Hall–Kier alpha value is -1.97. The van der Waals surface area contributed by atoms with E-state index in [-0.39, 0.29) is 23.6 Å². The maximum absolute atomic E-state index is 11.3. The molecule has 2 aliphatic rings. The van der Waals surface area contributed by atoms with Crippen LogP contribution in [-0.4, -0.2) is 13.2 Å². The lowest BCUT2D eigenvalue weighted by atomic mass is 9.95. The van der Waals surface area contributed by atoms with Gasteiger partial charge in [-0.2, -0.15) is 0 Å². The van der Waals surface area contributed by atoms with Gasteiger partial charge in [-0.3, -0.25) is 0 Å². The number of hydrogen-bond acceptors (Lipinski definition) is 4. The van der Waals surface area contributed by atoms with Crippen LogP contribution in [0.2, 0.25) is 0 Å². The second-order valence-electron chi connectivity index (χ2n) is 5.10. The molecule has 4 heteroatoms. The summed E-state index contributed by atoms with van der Waals surface area (Å²) in [7, 11) is 1.66. The highest BCUT2D eigenvalue weighted by molar-refractivity contribution is 5.49. The Balaban J connectivity index is 2.14. The fourth-order valence-corrected chi connectivity index (χ4v) is 2.61. The van der Waals surface area contributed by atoms with E-state index >= 15 is 0 Å². The molecule has 1 aliphatic carbocycles. The van der Waals surface area contributed by atoms with Crippen LogP contribution in [0.1, 0.15) is 13.8 Å². The molecule has 0 radical (unpaired) electrons. The van der Waals surface area contributed by atoms with E-state index in [9.17, 15) is 4.79 Å². The molecule has 0 aromatic carbocycles. The van der Waals surface area contributed by atoms with E-state index in [1.54, 1.807) is 13.2 Å². The zero-order valence-corrected chi connectivity index (χ0v) is 11.2. The van der Waals surface area contributed by atoms with E-state index in [2.05, 4.69) is 13.8 Å². The van der Waals surface area contributed by atoms with Crippen molar-refractivity contribution in [3.63, 3.8) is 0 Å². The van der Waals surface area contributed by atoms with Gasteiger partial charge in [-0.25, -0.2) is 4.79 Å². The lowest BCUT2D eigenvalue weighted by molar-refractivity contribution is 0.158. The molecule has 100 valence electrons. The van der Waals surface area contributed by atoms with Gasteiger partial charge in [-0.05, 0) is 6.07 Å². The first-order valence-electron chi connectivity index (χ1n) is 6.38. The van der Waals surface area contributed by atoms with Crippen LogP contribution in [0.25, 0.3) is 12.2 Å². The summed E-state index contributed by atoms with van der Waals surface area (Å²) in [6.07, 6.45) is 3.75. The Morgan fingerprint density at radius 1 is 1.26 bits per heavy atom. The summed E-state index contributed by atoms with van der Waals surface area (Å²) in [4.78, 5) is 11.3. The monoisotopic (exact) mass is 260 g/mol. The Kier molecular flexibility index (Phi) is 2.73. The molecule has 1 aliphatic heterocycles. The molecule has 0 fully saturated rings. The van der Waals surface area contributed by atoms with Crippen LogP contribution in [0.15, 0.2) is 32.9 Å². The summed E-state index contributed by atoms with van der Waals surface area (Å²) in [6, 6.07) is 3.20. The maximum Gasteiger partial charge on any atom is 0.336 e. The predicted molar refractivity (Wildman–Crippen MR) is 70.4 cm³/mol. The molecule has 19 heavy (non-hydrogen) atoms. The van der Waals surface area contributed by atoms with Crippen molar-refractivity contribution in [3.05, 3.63) is 44.7 Å². The van der Waals surface area contributed by atoms with Gasteiger partial charge in [0.15, 0.2) is 0 Å². The van der Waals surface area contributed by atoms with Crippen molar-refractivity contribution >= 4 is 12.2 Å². The van der Waals surface area contributed by atoms with Crippen molar-refractivity contribution in [2.24, 2.45) is 11.8 Å². The summed E-state index contributed by atoms with van der Waals surface area (Å²) in [5, 5.41) is 0.906. The molecule has 1 aromatic rings. The van der Waals surface area contributed by atoms with Gasteiger partial charge in [-0.1, -0.05) is 19.9 Å². The molecule has 0 unspecified atom stereocenters. The maximum atomic E-state index is 11.3. The van der Waals surface area contributed by atoms with E-state index in [0.29, 0.717) is 5.42 Å². The fourth-order valence-electron chi connectivity index (χ4n) is 2.61. The first-order valence-corrected chi connectivity index (χ1v) is 6.38. The SMILES string of the molecule is COC1=C(C(C)C)O[C@H]2C=c3oc(=O)ccc3=C[C@@H]12. The number of methoxy groups -OCH3 is 1. The minimum absolute atomic E-state index is 0.0580. The summed E-state index contributed by atoms with van der Waals surface area (Å²) < 4.78 is 16.6. The molecule has 2 heterocycles. The standard InChI is InChI=1S/C15H16O4/c1-8(2)14-15(17-3)10-6-9-4-5-13(16)18-11(9)7-12(10)19-14/h4-8,10,12H,1-3H3/t10-,12+/m1/s1. The van der Waals surface area contributed by atoms with Crippen LogP contribution in [0.5, 0.6) is 0 Å². The molecule has 0 saturated heterocycles. The number of rotatable bonds is 2. The third kappa shape index (κ3) is 1.87. The van der Waals surface area contributed by atoms with E-state index in [1.807, 2.05) is 12.2 Å². The topological polar surface area (TPSA) is 48.7 Å². The Morgan fingerprint density at radius 2 is 2.05 bits per heavy atom. The molecule has 1 aromatic heterocycles. The second kappa shape index (κ2) is 4.30. The van der Waals surface area contributed by atoms with Gasteiger partial charge in [0.05, 0.1) is 13.0 Å². The summed E-state index contributed by atoms with van der Waals surface area (Å²) in [5.74, 6) is 2.06. The third-order valence-corrected chi connectivity index (χ3v) is 3.48. The largest absolute Gasteiger partial charge is 0.497 e. The van der Waals surface area contributed by atoms with E-state index in [4.69, 9.17) is 13.9 Å². The zero-order valence-electron chi connectivity index (χ0n) is 11.2. The van der Waals surface area contributed by atoms with Gasteiger partial charge < -0.3 is 13.9 Å². The van der Waals surface area contributed by atoms with Crippen molar-refractivity contribution in [1.82, 2.24) is 0 Å². The highest BCUT2D eigenvalue weighted by atomic mass is 16.5. The van der Waals surface area contributed by atoms with Gasteiger partial charge in [0, 0.05) is 23.3 Å². The van der Waals surface area contributed by atoms with Crippen LogP contribution < -0.4 is 16.3 Å². The molecular weight excluding hydrogens is 244 g/mol. The third-order valence-electron chi connectivity index (χ3n) is 3.48. The van der Waals surface area contributed by atoms with E-state index in [0.717, 1.165) is 16.7 Å². The van der Waals surface area contributed by atoms with Gasteiger partial charge in [-0.15, -0.1) is 0 Å². The Morgan fingerprint density at radius 3 is 2.74 bits per heavy atom. The van der Waals surface area contributed by atoms with Crippen molar-refractivity contribution in [2.45, 2.75) is 20.0 Å². The lowest BCUT2D eigenvalue weighted by Gasteiger charge is -2.16. The Labute approximate surface area is 110 Å². The molecule has 2 atom stereocenters. The first kappa shape index (κ1) is 12.1. The van der Waals surface area contributed by atoms with Crippen molar-refractivity contribution in [1.29, 1.82) is 0 Å². The van der Waals surface area contributed by atoms with Crippen LogP contribution in [0, 0.1) is 11.8 Å². The Bertz CT molecular complexity index is 708. The van der Waals surface area contributed by atoms with Gasteiger partial charge in [0.1, 0.15) is 23.0 Å². The number of fused-ring (bicyclic) bond motifs is 2. The average molecular weight is 260 g/mol. The smallest absolute Gasteiger partial charge is 0.336 e. The number of allylic oxidation sites excluding steroid dienone is 1. The first-order chi connectivity index (χ1) is 9.10. The minimum Gasteiger partial charge on any atom is -0.497 e. The fraction of sp³-hybridized carbons (Fsp3) is 0.400. The summed E-state index contributed by atoms with van der Waals surface area (Å²) in [6.45, 7) is 4.14. The van der Waals surface area contributed by atoms with Crippen molar-refractivity contribution < 1.29 is 13.9 Å². The number of hydrogen-bond donors (Lipinski definition) is 0. The van der Waals surface area contributed by atoms with Gasteiger partial charge >= 0.3 is 5.63 Å². The molecule has 3 rings (SSSR count). The zero-order chi connectivity index (χ0) is 13.6. The van der Waals surface area contributed by atoms with E-state index < -0.39 is 0 Å². The summed E-state index contributed by atoms with van der Waals surface area (Å²) in [5.41, 5.74) is 0.234. The summed E-state index contributed by atoms with van der Waals surface area (Å²) >= 11 is 0. The van der Waals surface area contributed by atoms with Gasteiger partial charge in [0.25, 0.3) is 0 Å². The molecule has 0 bridgehead atoms. The van der Waals surface area contributed by atoms with E-state index in [1.165, 1.54) is 6.07 Å². The van der Waals surface area contributed by atoms with Crippen LogP contribution >= 0.6 is 0 Å². The average Bonchev–Trinajstić information content (AvgIpc) is 2.73. The minimum atomic E-state index is -0.344. The predicted octanol–water partition coefficient (Wildman–Crippen LogP) is 0.743. The molecule has 0 saturated carbocycles. The van der Waals surface area contributed by atoms with Crippen molar-refractivity contribution in [3.8, 4) is 0 Å². The molecule has 0 amide bonds. The lowest BCUT2D eigenvalue weighted by Crippen LogP contribution is -2.36. The van der Waals surface area contributed by atoms with Crippen LogP contribution in [0.4, 0.5) is 0 Å². The van der Waals surface area contributed by atoms with Crippen LogP contribution in [0.3, 0.4) is 0 Å². The molecule has 0 N–H and O–H groups in total.